The van der Waals surface area contributed by atoms with Gasteiger partial charge >= 0.3 is 5.97 Å². The summed E-state index contributed by atoms with van der Waals surface area (Å²) in [6.07, 6.45) is 2.79. The maximum Gasteiger partial charge on any atom is 0.355 e. The number of hydrogen-bond acceptors (Lipinski definition) is 5. The fourth-order valence-corrected chi connectivity index (χ4v) is 5.41. The number of aromatic carboxylic acids is 1. The standard InChI is InChI=1S/C26H20FN3O4S2/c27-22-4-2-1-3-18(22)12-17-7-10-24-21(13-17)19(11-16-5-8-20(9-6-16)36(28,33)34)14-30(24)26-29-23(15-35-26)25(31)32/h1-10,13-15H,11-12H2,(H,31,32)(H2,28,33,34). The zero-order chi connectivity index (χ0) is 25.4. The van der Waals surface area contributed by atoms with Crippen LogP contribution in [0.25, 0.3) is 16.0 Å². The quantitative estimate of drug-likeness (QED) is 0.321. The van der Waals surface area contributed by atoms with Crippen molar-refractivity contribution in [1.82, 2.24) is 9.55 Å². The zero-order valence-corrected chi connectivity index (χ0v) is 20.4. The van der Waals surface area contributed by atoms with Crippen LogP contribution in [-0.2, 0) is 22.9 Å². The highest BCUT2D eigenvalue weighted by Gasteiger charge is 2.17. The van der Waals surface area contributed by atoms with E-state index in [1.54, 1.807) is 30.3 Å². The minimum Gasteiger partial charge on any atom is -0.476 e. The number of carboxylic acid groups (broad SMARTS) is 1. The summed E-state index contributed by atoms with van der Waals surface area (Å²) < 4.78 is 39.3. The number of aromatic nitrogens is 2. The van der Waals surface area contributed by atoms with Crippen LogP contribution in [0.2, 0.25) is 0 Å². The molecule has 0 amide bonds. The summed E-state index contributed by atoms with van der Waals surface area (Å²) in [6, 6.07) is 18.8. The highest BCUT2D eigenvalue weighted by Crippen LogP contribution is 2.30. The van der Waals surface area contributed by atoms with Gasteiger partial charge in [0.25, 0.3) is 0 Å². The van der Waals surface area contributed by atoms with Gasteiger partial charge in [-0.15, -0.1) is 11.3 Å². The molecule has 0 bridgehead atoms. The van der Waals surface area contributed by atoms with Crippen LogP contribution in [0, 0.1) is 5.82 Å². The number of fused-ring (bicyclic) bond motifs is 1. The van der Waals surface area contributed by atoms with Gasteiger partial charge in [0.05, 0.1) is 10.4 Å². The van der Waals surface area contributed by atoms with Crippen LogP contribution in [-0.4, -0.2) is 29.0 Å². The summed E-state index contributed by atoms with van der Waals surface area (Å²) in [5.41, 5.74) is 4.09. The van der Waals surface area contributed by atoms with Gasteiger partial charge in [0.2, 0.25) is 10.0 Å². The molecule has 10 heteroatoms. The van der Waals surface area contributed by atoms with Crippen molar-refractivity contribution in [2.24, 2.45) is 5.14 Å². The molecule has 0 aliphatic carbocycles. The van der Waals surface area contributed by atoms with Gasteiger partial charge in [0.1, 0.15) is 5.82 Å². The predicted molar refractivity (Wildman–Crippen MR) is 136 cm³/mol. The fourth-order valence-electron chi connectivity index (χ4n) is 4.11. The molecule has 0 saturated carbocycles. The van der Waals surface area contributed by atoms with Crippen molar-refractivity contribution < 1.29 is 22.7 Å². The first-order chi connectivity index (χ1) is 17.2. The molecule has 0 atom stereocenters. The number of hydrogen-bond donors (Lipinski definition) is 2. The third-order valence-corrected chi connectivity index (χ3v) is 7.64. The van der Waals surface area contributed by atoms with E-state index in [1.807, 2.05) is 29.0 Å². The van der Waals surface area contributed by atoms with Crippen molar-refractivity contribution in [3.63, 3.8) is 0 Å². The average Bonchev–Trinajstić information content (AvgIpc) is 3.46. The van der Waals surface area contributed by atoms with Crippen LogP contribution in [0.1, 0.15) is 32.7 Å². The number of carbonyl (C=O) groups is 1. The van der Waals surface area contributed by atoms with Gasteiger partial charge in [-0.1, -0.05) is 36.4 Å². The van der Waals surface area contributed by atoms with Crippen molar-refractivity contribution in [2.45, 2.75) is 17.7 Å². The summed E-state index contributed by atoms with van der Waals surface area (Å²) in [7, 11) is -3.79. The van der Waals surface area contributed by atoms with Crippen molar-refractivity contribution >= 4 is 38.2 Å². The second kappa shape index (κ2) is 9.30. The molecule has 0 fully saturated rings. The first-order valence-electron chi connectivity index (χ1n) is 10.9. The molecule has 5 aromatic rings. The van der Waals surface area contributed by atoms with E-state index in [4.69, 9.17) is 5.14 Å². The number of sulfonamides is 1. The van der Waals surface area contributed by atoms with E-state index in [9.17, 15) is 22.7 Å². The van der Waals surface area contributed by atoms with Gasteiger partial charge in [-0.05, 0) is 59.0 Å². The van der Waals surface area contributed by atoms with Crippen LogP contribution in [0.4, 0.5) is 4.39 Å². The number of benzene rings is 3. The molecular formula is C26H20FN3O4S2. The van der Waals surface area contributed by atoms with Gasteiger partial charge in [-0.3, -0.25) is 4.57 Å². The lowest BCUT2D eigenvalue weighted by molar-refractivity contribution is 0.0691. The SMILES string of the molecule is NS(=O)(=O)c1ccc(Cc2cn(-c3nc(C(=O)O)cs3)c3ccc(Cc4ccccc4F)cc23)cc1. The highest BCUT2D eigenvalue weighted by molar-refractivity contribution is 7.89. The third kappa shape index (κ3) is 4.78. The Balaban J connectivity index is 1.59. The maximum absolute atomic E-state index is 14.3. The van der Waals surface area contributed by atoms with Gasteiger partial charge < -0.3 is 5.11 Å². The predicted octanol–water partition coefficient (Wildman–Crippen LogP) is 4.75. The minimum absolute atomic E-state index is 0.0323. The van der Waals surface area contributed by atoms with Crippen molar-refractivity contribution in [1.29, 1.82) is 0 Å². The Bertz CT molecular complexity index is 1710. The Labute approximate surface area is 210 Å². The van der Waals surface area contributed by atoms with Crippen LogP contribution >= 0.6 is 11.3 Å². The number of primary sulfonamides is 1. The molecule has 36 heavy (non-hydrogen) atoms. The topological polar surface area (TPSA) is 115 Å². The molecule has 5 rings (SSSR count). The normalized spacial score (nSPS) is 11.7. The highest BCUT2D eigenvalue weighted by atomic mass is 32.2. The molecule has 7 nitrogen and oxygen atoms in total. The molecule has 3 N–H and O–H groups in total. The Morgan fingerprint density at radius 1 is 1.00 bits per heavy atom. The molecule has 0 radical (unpaired) electrons. The van der Waals surface area contributed by atoms with Crippen molar-refractivity contribution in [2.75, 3.05) is 0 Å². The lowest BCUT2D eigenvalue weighted by Crippen LogP contribution is -2.11. The Morgan fingerprint density at radius 3 is 2.36 bits per heavy atom. The number of thiazole rings is 1. The number of nitrogens with zero attached hydrogens (tertiary/aromatic N) is 2. The maximum atomic E-state index is 14.3. The molecule has 2 heterocycles. The van der Waals surface area contributed by atoms with E-state index >= 15 is 0 Å². The number of rotatable bonds is 7. The lowest BCUT2D eigenvalue weighted by atomic mass is 9.99. The Hall–Kier alpha value is -3.86. The van der Waals surface area contributed by atoms with Crippen LogP contribution in [0.15, 0.2) is 83.2 Å². The molecule has 3 aromatic carbocycles. The summed E-state index contributed by atoms with van der Waals surface area (Å²) in [5.74, 6) is -1.37. The first kappa shape index (κ1) is 23.9. The largest absolute Gasteiger partial charge is 0.476 e. The van der Waals surface area contributed by atoms with Crippen LogP contribution in [0.5, 0.6) is 0 Å². The molecule has 0 unspecified atom stereocenters. The second-order valence-corrected chi connectivity index (χ2v) is 10.7. The van der Waals surface area contributed by atoms with Crippen molar-refractivity contribution in [3.05, 3.63) is 112 Å². The number of halogens is 1. The van der Waals surface area contributed by atoms with E-state index in [2.05, 4.69) is 4.98 Å². The molecule has 0 spiro atoms. The van der Waals surface area contributed by atoms with E-state index < -0.39 is 16.0 Å². The second-order valence-electron chi connectivity index (χ2n) is 8.33. The van der Waals surface area contributed by atoms with E-state index in [0.29, 0.717) is 23.5 Å². The average molecular weight is 522 g/mol. The molecule has 182 valence electrons. The van der Waals surface area contributed by atoms with Gasteiger partial charge in [-0.2, -0.15) is 0 Å². The van der Waals surface area contributed by atoms with E-state index in [1.165, 1.54) is 34.9 Å². The van der Waals surface area contributed by atoms with Crippen LogP contribution < -0.4 is 5.14 Å². The summed E-state index contributed by atoms with van der Waals surface area (Å²) in [6.45, 7) is 0. The van der Waals surface area contributed by atoms with Crippen molar-refractivity contribution in [3.8, 4) is 5.13 Å². The summed E-state index contributed by atoms with van der Waals surface area (Å²) in [5, 5.41) is 17.4. The third-order valence-electron chi connectivity index (χ3n) is 5.87. The van der Waals surface area contributed by atoms with Gasteiger partial charge in [0, 0.05) is 23.4 Å². The fraction of sp³-hybridized carbons (Fsp3) is 0.0769. The minimum atomic E-state index is -3.79. The molecule has 0 aliphatic heterocycles. The number of carboxylic acids is 1. The number of nitrogens with two attached hydrogens (primary N) is 1. The summed E-state index contributed by atoms with van der Waals surface area (Å²) >= 11 is 1.22. The lowest BCUT2D eigenvalue weighted by Gasteiger charge is -2.06. The molecule has 0 saturated heterocycles. The van der Waals surface area contributed by atoms with Gasteiger partial charge in [0.15, 0.2) is 10.8 Å². The zero-order valence-electron chi connectivity index (χ0n) is 18.8. The van der Waals surface area contributed by atoms with E-state index in [-0.39, 0.29) is 16.4 Å². The Kier molecular flexibility index (Phi) is 6.17. The summed E-state index contributed by atoms with van der Waals surface area (Å²) in [4.78, 5) is 15.6. The smallest absolute Gasteiger partial charge is 0.355 e. The molecule has 2 aromatic heterocycles. The first-order valence-corrected chi connectivity index (χ1v) is 13.3. The van der Waals surface area contributed by atoms with Crippen LogP contribution in [0.3, 0.4) is 0 Å². The Morgan fingerprint density at radius 2 is 1.69 bits per heavy atom. The van der Waals surface area contributed by atoms with E-state index in [0.717, 1.165) is 27.6 Å². The molecule has 0 aliphatic rings. The monoisotopic (exact) mass is 521 g/mol. The molecular weight excluding hydrogens is 501 g/mol. The van der Waals surface area contributed by atoms with Gasteiger partial charge in [-0.25, -0.2) is 27.7 Å².